The Kier molecular flexibility index (Phi) is 7.67. The molecule has 10 heteroatoms. The summed E-state index contributed by atoms with van der Waals surface area (Å²) in [4.78, 5) is 15.9. The minimum Gasteiger partial charge on any atom is -0.487 e. The predicted molar refractivity (Wildman–Crippen MR) is 138 cm³/mol. The highest BCUT2D eigenvalue weighted by Gasteiger charge is 2.33. The van der Waals surface area contributed by atoms with Crippen molar-refractivity contribution in [1.82, 2.24) is 4.98 Å². The zero-order chi connectivity index (χ0) is 26.0. The summed E-state index contributed by atoms with van der Waals surface area (Å²) in [5.41, 5.74) is 4.19. The van der Waals surface area contributed by atoms with Crippen molar-refractivity contribution in [2.45, 2.75) is 50.7 Å². The highest BCUT2D eigenvalue weighted by Crippen LogP contribution is 2.42. The van der Waals surface area contributed by atoms with E-state index in [0.717, 1.165) is 33.6 Å². The van der Waals surface area contributed by atoms with Gasteiger partial charge in [-0.2, -0.15) is 8.42 Å². The molecule has 1 atom stereocenters. The van der Waals surface area contributed by atoms with Crippen molar-refractivity contribution in [2.75, 3.05) is 18.0 Å². The summed E-state index contributed by atoms with van der Waals surface area (Å²) < 4.78 is 39.6. The second kappa shape index (κ2) is 10.6. The Bertz CT molecular complexity index is 1350. The number of methoxy groups -OCH3 is 1. The second-order valence-corrected chi connectivity index (χ2v) is 12.2. The zero-order valence-corrected chi connectivity index (χ0v) is 22.4. The summed E-state index contributed by atoms with van der Waals surface area (Å²) in [6, 6.07) is 8.79. The van der Waals surface area contributed by atoms with E-state index in [1.54, 1.807) is 29.6 Å². The monoisotopic (exact) mass is 530 g/mol. The number of hydrogen-bond donors (Lipinski definition) is 1. The van der Waals surface area contributed by atoms with E-state index in [4.69, 9.17) is 9.47 Å². The van der Waals surface area contributed by atoms with Gasteiger partial charge in [0, 0.05) is 18.1 Å². The van der Waals surface area contributed by atoms with Gasteiger partial charge in [0.2, 0.25) is 4.34 Å². The number of nitrogens with zero attached hydrogens (tertiary/aromatic N) is 2. The third-order valence-corrected chi connectivity index (χ3v) is 9.09. The first-order chi connectivity index (χ1) is 17.1. The van der Waals surface area contributed by atoms with Crippen LogP contribution in [0.5, 0.6) is 5.75 Å². The van der Waals surface area contributed by atoms with Gasteiger partial charge in [0.25, 0.3) is 10.0 Å². The van der Waals surface area contributed by atoms with Gasteiger partial charge in [-0.15, -0.1) is 11.3 Å². The average Bonchev–Trinajstić information content (AvgIpc) is 3.51. The largest absolute Gasteiger partial charge is 0.487 e. The number of ether oxygens (including phenoxy) is 2. The number of fused-ring (bicyclic) bond motifs is 1. The molecule has 2 aromatic carbocycles. The number of esters is 1. The predicted octanol–water partition coefficient (Wildman–Crippen LogP) is 4.65. The maximum atomic E-state index is 13.6. The summed E-state index contributed by atoms with van der Waals surface area (Å²) in [6.07, 6.45) is 2.08. The molecule has 4 rings (SSSR count). The highest BCUT2D eigenvalue weighted by molar-refractivity contribution is 7.94. The molecular formula is C26H30N2O6S2. The molecule has 192 valence electrons. The average molecular weight is 531 g/mol. The van der Waals surface area contributed by atoms with Crippen LogP contribution in [-0.4, -0.2) is 38.1 Å². The third-order valence-electron chi connectivity index (χ3n) is 6.13. The lowest BCUT2D eigenvalue weighted by Crippen LogP contribution is -2.34. The molecule has 0 spiro atoms. The summed E-state index contributed by atoms with van der Waals surface area (Å²) in [6.45, 7) is 6.16. The number of aliphatic hydroxyl groups is 1. The van der Waals surface area contributed by atoms with Gasteiger partial charge in [0.05, 0.1) is 24.5 Å². The fraction of sp³-hybridized carbons (Fsp3) is 0.385. The standard InChI is InChI=1S/C26H30N2O6S2/c1-16(2)14-28(36(31,32)26-27-9-10-35-26)22-13-21-18(7-8-23(21)29)12-24(22)34-15-20-6-5-19(11-17(20)3)25(30)33-4/h5-6,9-13,16,23,29H,7-8,14-15H2,1-4H3. The maximum absolute atomic E-state index is 13.6. The van der Waals surface area contributed by atoms with Crippen LogP contribution in [0.25, 0.3) is 0 Å². The van der Waals surface area contributed by atoms with Crippen molar-refractivity contribution in [3.63, 3.8) is 0 Å². The molecule has 3 aromatic rings. The van der Waals surface area contributed by atoms with E-state index >= 15 is 0 Å². The number of aryl methyl sites for hydroxylation is 2. The molecule has 36 heavy (non-hydrogen) atoms. The minimum atomic E-state index is -3.94. The molecule has 1 aliphatic rings. The maximum Gasteiger partial charge on any atom is 0.337 e. The quantitative estimate of drug-likeness (QED) is 0.402. The van der Waals surface area contributed by atoms with Crippen molar-refractivity contribution < 1.29 is 27.8 Å². The SMILES string of the molecule is COC(=O)c1ccc(COc2cc3c(cc2N(CC(C)C)S(=O)(=O)c2nccs2)C(O)CC3)c(C)c1. The van der Waals surface area contributed by atoms with Crippen LogP contribution in [0, 0.1) is 12.8 Å². The summed E-state index contributed by atoms with van der Waals surface area (Å²) >= 11 is 1.06. The Hall–Kier alpha value is -2.95. The van der Waals surface area contributed by atoms with E-state index in [-0.39, 0.29) is 23.4 Å². The van der Waals surface area contributed by atoms with Gasteiger partial charge >= 0.3 is 5.97 Å². The number of benzene rings is 2. The van der Waals surface area contributed by atoms with E-state index in [1.165, 1.54) is 17.6 Å². The van der Waals surface area contributed by atoms with Crippen LogP contribution in [0.4, 0.5) is 5.69 Å². The number of carbonyl (C=O) groups excluding carboxylic acids is 1. The number of hydrogen-bond acceptors (Lipinski definition) is 8. The molecule has 0 saturated carbocycles. The second-order valence-electron chi connectivity index (χ2n) is 9.22. The van der Waals surface area contributed by atoms with Gasteiger partial charge in [-0.25, -0.2) is 9.78 Å². The molecule has 1 unspecified atom stereocenters. The molecular weight excluding hydrogens is 500 g/mol. The van der Waals surface area contributed by atoms with Crippen LogP contribution in [0.3, 0.4) is 0 Å². The Morgan fingerprint density at radius 2 is 2.06 bits per heavy atom. The molecule has 0 bridgehead atoms. The first kappa shape index (κ1) is 26.1. The Balaban J connectivity index is 1.75. The summed E-state index contributed by atoms with van der Waals surface area (Å²) in [5.74, 6) is 0.0284. The minimum absolute atomic E-state index is 0.00407. The van der Waals surface area contributed by atoms with Crippen LogP contribution in [0.1, 0.15) is 59.0 Å². The molecule has 1 heterocycles. The number of aromatic nitrogens is 1. The van der Waals surface area contributed by atoms with Crippen molar-refractivity contribution in [2.24, 2.45) is 5.92 Å². The number of sulfonamides is 1. The lowest BCUT2D eigenvalue weighted by atomic mass is 10.1. The molecule has 0 aliphatic heterocycles. The molecule has 0 amide bonds. The molecule has 1 aliphatic carbocycles. The van der Waals surface area contributed by atoms with E-state index in [1.807, 2.05) is 26.8 Å². The van der Waals surface area contributed by atoms with E-state index in [2.05, 4.69) is 4.98 Å². The van der Waals surface area contributed by atoms with Crippen molar-refractivity contribution in [1.29, 1.82) is 0 Å². The fourth-order valence-electron chi connectivity index (χ4n) is 4.26. The first-order valence-electron chi connectivity index (χ1n) is 11.7. The number of anilines is 1. The first-order valence-corrected chi connectivity index (χ1v) is 14.0. The van der Waals surface area contributed by atoms with Crippen molar-refractivity contribution >= 4 is 33.0 Å². The number of thiazole rings is 1. The van der Waals surface area contributed by atoms with Crippen molar-refractivity contribution in [3.05, 3.63) is 69.7 Å². The molecule has 0 radical (unpaired) electrons. The van der Waals surface area contributed by atoms with Crippen LogP contribution in [0.2, 0.25) is 0 Å². The summed E-state index contributed by atoms with van der Waals surface area (Å²) in [5, 5.41) is 12.2. The molecule has 8 nitrogen and oxygen atoms in total. The molecule has 1 aromatic heterocycles. The van der Waals surface area contributed by atoms with Crippen LogP contribution >= 0.6 is 11.3 Å². The fourth-order valence-corrected chi connectivity index (χ4v) is 6.82. The lowest BCUT2D eigenvalue weighted by molar-refractivity contribution is 0.0600. The topological polar surface area (TPSA) is 106 Å². The molecule has 1 N–H and O–H groups in total. The normalized spacial score (nSPS) is 15.1. The van der Waals surface area contributed by atoms with Crippen molar-refractivity contribution in [3.8, 4) is 5.75 Å². The number of aliphatic hydroxyl groups excluding tert-OH is 1. The van der Waals surface area contributed by atoms with Crippen LogP contribution in [0.15, 0.2) is 46.2 Å². The van der Waals surface area contributed by atoms with E-state index in [9.17, 15) is 18.3 Å². The highest BCUT2D eigenvalue weighted by atomic mass is 32.2. The van der Waals surface area contributed by atoms with Gasteiger partial charge in [0.15, 0.2) is 0 Å². The smallest absolute Gasteiger partial charge is 0.337 e. The van der Waals surface area contributed by atoms with Gasteiger partial charge in [-0.1, -0.05) is 19.9 Å². The number of carbonyl (C=O) groups is 1. The zero-order valence-electron chi connectivity index (χ0n) is 20.7. The molecule has 0 saturated heterocycles. The lowest BCUT2D eigenvalue weighted by Gasteiger charge is -2.28. The van der Waals surface area contributed by atoms with Gasteiger partial charge in [0.1, 0.15) is 12.4 Å². The Labute approximate surface area is 215 Å². The van der Waals surface area contributed by atoms with Crippen LogP contribution < -0.4 is 9.04 Å². The number of rotatable bonds is 9. The van der Waals surface area contributed by atoms with Gasteiger partial charge < -0.3 is 14.6 Å². The Morgan fingerprint density at radius 1 is 1.28 bits per heavy atom. The van der Waals surface area contributed by atoms with Gasteiger partial charge in [-0.3, -0.25) is 4.31 Å². The van der Waals surface area contributed by atoms with E-state index in [0.29, 0.717) is 29.8 Å². The molecule has 0 fully saturated rings. The third kappa shape index (κ3) is 5.25. The Morgan fingerprint density at radius 3 is 2.69 bits per heavy atom. The summed E-state index contributed by atoms with van der Waals surface area (Å²) in [7, 11) is -2.61. The van der Waals surface area contributed by atoms with Gasteiger partial charge in [-0.05, 0) is 72.2 Å². The van der Waals surface area contributed by atoms with Crippen LogP contribution in [-0.2, 0) is 27.8 Å². The van der Waals surface area contributed by atoms with E-state index < -0.39 is 22.1 Å².